The predicted molar refractivity (Wildman–Crippen MR) is 185 cm³/mol. The monoisotopic (exact) mass is 564 g/mol. The van der Waals surface area contributed by atoms with Crippen LogP contribution in [-0.4, -0.2) is 9.13 Å². The van der Waals surface area contributed by atoms with Crippen LogP contribution in [0, 0.1) is 0 Å². The van der Waals surface area contributed by atoms with Gasteiger partial charge in [0.05, 0.1) is 16.6 Å². The number of aromatic nitrogens is 2. The number of hydrogen-bond acceptors (Lipinski definition) is 0. The van der Waals surface area contributed by atoms with Gasteiger partial charge in [-0.2, -0.15) is 0 Å². The molecule has 2 heterocycles. The minimum Gasteiger partial charge on any atom is -0.313 e. The highest BCUT2D eigenvalue weighted by atomic mass is 15.0. The Morgan fingerprint density at radius 1 is 0.386 bits per heavy atom. The molecule has 210 valence electrons. The lowest BCUT2D eigenvalue weighted by Gasteiger charge is -2.16. The van der Waals surface area contributed by atoms with Crippen LogP contribution in [0.2, 0.25) is 0 Å². The van der Waals surface area contributed by atoms with Gasteiger partial charge >= 0.3 is 0 Å². The van der Waals surface area contributed by atoms with Crippen LogP contribution in [0.5, 0.6) is 0 Å². The van der Waals surface area contributed by atoms with Crippen molar-refractivity contribution in [2.45, 2.75) is 25.7 Å². The highest BCUT2D eigenvalue weighted by Crippen LogP contribution is 2.43. The third-order valence-electron chi connectivity index (χ3n) is 9.53. The number of benzene rings is 6. The van der Waals surface area contributed by atoms with E-state index in [1.165, 1.54) is 90.4 Å². The van der Waals surface area contributed by atoms with E-state index in [1.807, 2.05) is 0 Å². The Labute approximate surface area is 257 Å². The summed E-state index contributed by atoms with van der Waals surface area (Å²) in [6, 6.07) is 53.2. The van der Waals surface area contributed by atoms with E-state index in [0.717, 1.165) is 12.8 Å². The van der Waals surface area contributed by atoms with Crippen molar-refractivity contribution in [1.29, 1.82) is 0 Å². The quantitative estimate of drug-likeness (QED) is 0.201. The van der Waals surface area contributed by atoms with Gasteiger partial charge in [-0.25, -0.2) is 0 Å². The maximum Gasteiger partial charge on any atom is 0.0637 e. The van der Waals surface area contributed by atoms with Crippen molar-refractivity contribution in [2.24, 2.45) is 0 Å². The van der Waals surface area contributed by atoms with E-state index >= 15 is 0 Å². The van der Waals surface area contributed by atoms with Gasteiger partial charge in [0.15, 0.2) is 0 Å². The molecule has 0 unspecified atom stereocenters. The molecule has 9 rings (SSSR count). The smallest absolute Gasteiger partial charge is 0.0637 e. The highest BCUT2D eigenvalue weighted by molar-refractivity contribution is 6.19. The van der Waals surface area contributed by atoms with Crippen molar-refractivity contribution in [3.63, 3.8) is 0 Å². The molecule has 0 aliphatic heterocycles. The van der Waals surface area contributed by atoms with Crippen LogP contribution < -0.4 is 0 Å². The van der Waals surface area contributed by atoms with E-state index in [1.54, 1.807) is 0 Å². The number of aryl methyl sites for hydroxylation is 1. The number of hydrogen-bond donors (Lipinski definition) is 0. The van der Waals surface area contributed by atoms with Crippen molar-refractivity contribution in [3.05, 3.63) is 157 Å². The lowest BCUT2D eigenvalue weighted by molar-refractivity contribution is 0.667. The van der Waals surface area contributed by atoms with Gasteiger partial charge in [-0.15, -0.1) is 0 Å². The Bertz CT molecular complexity index is 2290. The molecule has 1 aliphatic carbocycles. The van der Waals surface area contributed by atoms with Crippen molar-refractivity contribution in [2.75, 3.05) is 0 Å². The zero-order chi connectivity index (χ0) is 29.0. The SMILES string of the molecule is c1ccc(-c2ccc(-n3c4c(c5c3ccc3c6ccccc6n(-c6ccc(-c7ccccc7)cc6)c35)CCCC4)cc2)cc1. The molecule has 0 amide bonds. The van der Waals surface area contributed by atoms with E-state index in [2.05, 4.69) is 155 Å². The molecule has 2 heteroatoms. The van der Waals surface area contributed by atoms with Crippen LogP contribution in [0.4, 0.5) is 0 Å². The summed E-state index contributed by atoms with van der Waals surface area (Å²) in [7, 11) is 0. The molecule has 0 N–H and O–H groups in total. The van der Waals surface area contributed by atoms with Crippen LogP contribution in [-0.2, 0) is 12.8 Å². The molecular formula is C42H32N2. The fourth-order valence-corrected chi connectivity index (χ4v) is 7.51. The Morgan fingerprint density at radius 3 is 1.59 bits per heavy atom. The molecule has 2 nitrogen and oxygen atoms in total. The van der Waals surface area contributed by atoms with Gasteiger partial charge in [-0.1, -0.05) is 109 Å². The molecule has 6 aromatic carbocycles. The molecule has 0 spiro atoms. The summed E-state index contributed by atoms with van der Waals surface area (Å²) in [4.78, 5) is 0. The van der Waals surface area contributed by atoms with Gasteiger partial charge in [-0.05, 0) is 89.9 Å². The summed E-state index contributed by atoms with van der Waals surface area (Å²) >= 11 is 0. The highest BCUT2D eigenvalue weighted by Gasteiger charge is 2.25. The van der Waals surface area contributed by atoms with Gasteiger partial charge < -0.3 is 9.13 Å². The molecule has 0 fully saturated rings. The number of fused-ring (bicyclic) bond motifs is 7. The van der Waals surface area contributed by atoms with Gasteiger partial charge in [0.2, 0.25) is 0 Å². The number of rotatable bonds is 4. The van der Waals surface area contributed by atoms with Gasteiger partial charge in [0, 0.05) is 33.2 Å². The van der Waals surface area contributed by atoms with Crippen molar-refractivity contribution < 1.29 is 0 Å². The van der Waals surface area contributed by atoms with Crippen LogP contribution >= 0.6 is 0 Å². The molecule has 0 saturated carbocycles. The molecule has 2 aromatic heterocycles. The van der Waals surface area contributed by atoms with Crippen LogP contribution in [0.25, 0.3) is 66.3 Å². The standard InChI is InChI=1S/C42H32N2/c1-3-11-29(12-4-1)31-19-23-33(24-20-31)43-39-18-10-8-16-37(39)41-40(43)28-27-36-35-15-7-9-17-38(35)44(42(36)41)34-25-21-32(22-26-34)30-13-5-2-6-14-30/h1-7,9,11-15,17,19-28H,8,10,16,18H2. The minimum atomic E-state index is 1.11. The first-order valence-electron chi connectivity index (χ1n) is 15.8. The first-order valence-corrected chi connectivity index (χ1v) is 15.8. The topological polar surface area (TPSA) is 9.86 Å². The Hall–Kier alpha value is -5.34. The fourth-order valence-electron chi connectivity index (χ4n) is 7.51. The third-order valence-corrected chi connectivity index (χ3v) is 9.53. The second-order valence-corrected chi connectivity index (χ2v) is 12.0. The molecule has 0 atom stereocenters. The van der Waals surface area contributed by atoms with E-state index in [9.17, 15) is 0 Å². The second kappa shape index (κ2) is 10.1. The first-order chi connectivity index (χ1) is 21.8. The van der Waals surface area contributed by atoms with Crippen molar-refractivity contribution in [1.82, 2.24) is 9.13 Å². The lowest BCUT2D eigenvalue weighted by atomic mass is 9.94. The van der Waals surface area contributed by atoms with Crippen LogP contribution in [0.1, 0.15) is 24.1 Å². The van der Waals surface area contributed by atoms with Crippen molar-refractivity contribution in [3.8, 4) is 33.6 Å². The summed E-state index contributed by atoms with van der Waals surface area (Å²) in [5.41, 5.74) is 14.3. The summed E-state index contributed by atoms with van der Waals surface area (Å²) in [5.74, 6) is 0. The summed E-state index contributed by atoms with van der Waals surface area (Å²) in [5, 5.41) is 4.04. The Morgan fingerprint density at radius 2 is 0.932 bits per heavy atom. The van der Waals surface area contributed by atoms with Gasteiger partial charge in [-0.3, -0.25) is 0 Å². The predicted octanol–water partition coefficient (Wildman–Crippen LogP) is 10.9. The number of para-hydroxylation sites is 1. The molecule has 8 aromatic rings. The normalized spacial score (nSPS) is 13.1. The number of nitrogens with zero attached hydrogens (tertiary/aromatic N) is 2. The Kier molecular flexibility index (Phi) is 5.80. The van der Waals surface area contributed by atoms with E-state index in [4.69, 9.17) is 0 Å². The summed E-state index contributed by atoms with van der Waals surface area (Å²) in [6.07, 6.45) is 4.70. The minimum absolute atomic E-state index is 1.11. The second-order valence-electron chi connectivity index (χ2n) is 12.0. The largest absolute Gasteiger partial charge is 0.313 e. The first kappa shape index (κ1) is 25.2. The van der Waals surface area contributed by atoms with Gasteiger partial charge in [0.1, 0.15) is 0 Å². The lowest BCUT2D eigenvalue weighted by Crippen LogP contribution is -2.06. The molecular weight excluding hydrogens is 532 g/mol. The van der Waals surface area contributed by atoms with E-state index < -0.39 is 0 Å². The van der Waals surface area contributed by atoms with Crippen LogP contribution in [0.15, 0.2) is 146 Å². The van der Waals surface area contributed by atoms with Crippen molar-refractivity contribution >= 4 is 32.7 Å². The van der Waals surface area contributed by atoms with Crippen LogP contribution in [0.3, 0.4) is 0 Å². The molecule has 0 saturated heterocycles. The average molecular weight is 565 g/mol. The third kappa shape index (κ3) is 3.88. The zero-order valence-corrected chi connectivity index (χ0v) is 24.6. The fraction of sp³-hybridized carbons (Fsp3) is 0.0952. The van der Waals surface area contributed by atoms with Gasteiger partial charge in [0.25, 0.3) is 0 Å². The van der Waals surface area contributed by atoms with E-state index in [-0.39, 0.29) is 0 Å². The molecule has 0 radical (unpaired) electrons. The molecule has 1 aliphatic rings. The Balaban J connectivity index is 1.30. The molecule has 44 heavy (non-hydrogen) atoms. The average Bonchev–Trinajstić information content (AvgIpc) is 3.62. The summed E-state index contributed by atoms with van der Waals surface area (Å²) in [6.45, 7) is 0. The summed E-state index contributed by atoms with van der Waals surface area (Å²) < 4.78 is 5.07. The molecule has 0 bridgehead atoms. The zero-order valence-electron chi connectivity index (χ0n) is 24.6. The maximum absolute atomic E-state index is 2.55. The van der Waals surface area contributed by atoms with E-state index in [0.29, 0.717) is 0 Å². The maximum atomic E-state index is 2.55.